The van der Waals surface area contributed by atoms with Gasteiger partial charge in [-0.05, 0) is 30.8 Å². The summed E-state index contributed by atoms with van der Waals surface area (Å²) in [4.78, 5) is 37.9. The Morgan fingerprint density at radius 2 is 1.76 bits per heavy atom. The second kappa shape index (κ2) is 9.09. The van der Waals surface area contributed by atoms with Crippen LogP contribution in [0.15, 0.2) is 64.4 Å². The van der Waals surface area contributed by atoms with Gasteiger partial charge in [0.25, 0.3) is 11.5 Å². The molecule has 0 bridgehead atoms. The van der Waals surface area contributed by atoms with Gasteiger partial charge in [0.2, 0.25) is 0 Å². The minimum Gasteiger partial charge on any atom is -0.353 e. The number of rotatable bonds is 4. The minimum absolute atomic E-state index is 0.185. The third-order valence-corrected chi connectivity index (χ3v) is 7.26. The highest BCUT2D eigenvalue weighted by molar-refractivity contribution is 8.26. The average molecular weight is 478 g/mol. The van der Waals surface area contributed by atoms with Crippen LogP contribution in [0.2, 0.25) is 0 Å². The molecule has 2 aliphatic heterocycles. The number of benzene rings is 1. The van der Waals surface area contributed by atoms with Crippen LogP contribution in [0.1, 0.15) is 11.1 Å². The summed E-state index contributed by atoms with van der Waals surface area (Å²) in [7, 11) is 2.08. The molecule has 2 aromatic heterocycles. The number of hydrogen-bond acceptors (Lipinski definition) is 7. The first-order valence-electron chi connectivity index (χ1n) is 10.8. The lowest BCUT2D eigenvalue weighted by atomic mass is 10.2. The first-order valence-corrected chi connectivity index (χ1v) is 12.0. The smallest absolute Gasteiger partial charge is 0.267 e. The van der Waals surface area contributed by atoms with Crippen molar-refractivity contribution in [3.63, 3.8) is 0 Å². The molecule has 0 aliphatic carbocycles. The van der Waals surface area contributed by atoms with Crippen molar-refractivity contribution in [1.29, 1.82) is 0 Å². The Balaban J connectivity index is 1.55. The molecule has 4 heterocycles. The standard InChI is InChI=1S/C24H23N5O2S2/c1-26-11-13-27(14-12-26)21-18(22(30)28-10-6-5-9-20(28)25-21)15-19-23(31)29(24(32)33-19)16-17-7-3-2-4-8-17/h2-10,15H,11-14,16H2,1H3. The number of fused-ring (bicyclic) bond motifs is 1. The topological polar surface area (TPSA) is 61.2 Å². The lowest BCUT2D eigenvalue weighted by Crippen LogP contribution is -2.45. The number of pyridine rings is 1. The number of nitrogens with zero attached hydrogens (tertiary/aromatic N) is 5. The molecule has 3 aromatic rings. The van der Waals surface area contributed by atoms with Crippen molar-refractivity contribution in [2.24, 2.45) is 0 Å². The summed E-state index contributed by atoms with van der Waals surface area (Å²) in [6.07, 6.45) is 3.38. The number of carbonyl (C=O) groups is 1. The molecule has 0 unspecified atom stereocenters. The van der Waals surface area contributed by atoms with Crippen LogP contribution < -0.4 is 10.5 Å². The number of carbonyl (C=O) groups excluding carboxylic acids is 1. The predicted octanol–water partition coefficient (Wildman–Crippen LogP) is 2.85. The Morgan fingerprint density at radius 1 is 1.03 bits per heavy atom. The Bertz CT molecular complexity index is 1310. The van der Waals surface area contributed by atoms with Crippen molar-refractivity contribution >= 4 is 51.7 Å². The third-order valence-electron chi connectivity index (χ3n) is 5.88. The molecule has 0 N–H and O–H groups in total. The molecule has 9 heteroatoms. The van der Waals surface area contributed by atoms with E-state index in [1.54, 1.807) is 23.2 Å². The van der Waals surface area contributed by atoms with Gasteiger partial charge in [-0.15, -0.1) is 0 Å². The van der Waals surface area contributed by atoms with Crippen molar-refractivity contribution in [3.05, 3.63) is 81.1 Å². The number of hydrogen-bond donors (Lipinski definition) is 0. The fourth-order valence-corrected chi connectivity index (χ4v) is 5.25. The molecule has 7 nitrogen and oxygen atoms in total. The van der Waals surface area contributed by atoms with Crippen molar-refractivity contribution in [3.8, 4) is 0 Å². The number of likely N-dealkylation sites (N-methyl/N-ethyl adjacent to an activating group) is 1. The van der Waals surface area contributed by atoms with Crippen molar-refractivity contribution < 1.29 is 4.79 Å². The Kier molecular flexibility index (Phi) is 6.01. The zero-order chi connectivity index (χ0) is 22.9. The van der Waals surface area contributed by atoms with Crippen molar-refractivity contribution in [1.82, 2.24) is 19.2 Å². The number of amides is 1. The highest BCUT2D eigenvalue weighted by atomic mass is 32.2. The molecule has 1 aromatic carbocycles. The average Bonchev–Trinajstić information content (AvgIpc) is 3.09. The number of thioether (sulfide) groups is 1. The van der Waals surface area contributed by atoms with Gasteiger partial charge in [0.1, 0.15) is 15.8 Å². The van der Waals surface area contributed by atoms with E-state index in [1.807, 2.05) is 42.5 Å². The SMILES string of the molecule is CN1CCN(c2nc3ccccn3c(=O)c2C=C2SC(=S)N(Cc3ccccc3)C2=O)CC1. The molecule has 33 heavy (non-hydrogen) atoms. The maximum Gasteiger partial charge on any atom is 0.267 e. The molecule has 0 saturated carbocycles. The summed E-state index contributed by atoms with van der Waals surface area (Å²) >= 11 is 6.74. The maximum absolute atomic E-state index is 13.5. The van der Waals surface area contributed by atoms with Crippen LogP contribution in [-0.4, -0.2) is 62.6 Å². The first-order chi connectivity index (χ1) is 16.0. The van der Waals surface area contributed by atoms with Crippen LogP contribution in [0.25, 0.3) is 11.7 Å². The maximum atomic E-state index is 13.5. The van der Waals surface area contributed by atoms with Crippen LogP contribution in [0.3, 0.4) is 0 Å². The van der Waals surface area contributed by atoms with Gasteiger partial charge in [0.05, 0.1) is 17.0 Å². The van der Waals surface area contributed by atoms with E-state index < -0.39 is 0 Å². The van der Waals surface area contributed by atoms with E-state index in [9.17, 15) is 9.59 Å². The molecule has 0 atom stereocenters. The highest BCUT2D eigenvalue weighted by Crippen LogP contribution is 2.34. The van der Waals surface area contributed by atoms with E-state index in [0.717, 1.165) is 31.7 Å². The fraction of sp³-hybridized carbons (Fsp3) is 0.250. The molecule has 168 valence electrons. The molecule has 2 saturated heterocycles. The minimum atomic E-state index is -0.192. The second-order valence-corrected chi connectivity index (χ2v) is 9.80. The number of piperazine rings is 1. The molecule has 0 spiro atoms. The van der Waals surface area contributed by atoms with Gasteiger partial charge < -0.3 is 9.80 Å². The van der Waals surface area contributed by atoms with Gasteiger partial charge >= 0.3 is 0 Å². The van der Waals surface area contributed by atoms with Gasteiger partial charge in [-0.1, -0.05) is 60.4 Å². The number of thiocarbonyl (C=S) groups is 1. The molecular formula is C24H23N5O2S2. The summed E-state index contributed by atoms with van der Waals surface area (Å²) in [6, 6.07) is 15.2. The normalized spacial score (nSPS) is 18.6. The lowest BCUT2D eigenvalue weighted by Gasteiger charge is -2.34. The van der Waals surface area contributed by atoms with Gasteiger partial charge in [0, 0.05) is 32.4 Å². The Labute approximate surface area is 201 Å². The first kappa shape index (κ1) is 21.8. The van der Waals surface area contributed by atoms with Crippen LogP contribution in [0.4, 0.5) is 5.82 Å². The van der Waals surface area contributed by atoms with Gasteiger partial charge in [-0.2, -0.15) is 0 Å². The fourth-order valence-electron chi connectivity index (χ4n) is 4.01. The van der Waals surface area contributed by atoms with Crippen LogP contribution in [0, 0.1) is 0 Å². The monoisotopic (exact) mass is 477 g/mol. The Hall–Kier alpha value is -3.01. The van der Waals surface area contributed by atoms with E-state index in [2.05, 4.69) is 16.8 Å². The zero-order valence-electron chi connectivity index (χ0n) is 18.2. The molecule has 0 radical (unpaired) electrons. The molecule has 2 aliphatic rings. The van der Waals surface area contributed by atoms with Crippen LogP contribution >= 0.6 is 24.0 Å². The summed E-state index contributed by atoms with van der Waals surface area (Å²) < 4.78 is 2.01. The van der Waals surface area contributed by atoms with Crippen LogP contribution in [-0.2, 0) is 11.3 Å². The van der Waals surface area contributed by atoms with E-state index >= 15 is 0 Å². The highest BCUT2D eigenvalue weighted by Gasteiger charge is 2.33. The largest absolute Gasteiger partial charge is 0.353 e. The summed E-state index contributed by atoms with van der Waals surface area (Å²) in [5.74, 6) is 0.434. The molecule has 5 rings (SSSR count). The van der Waals surface area contributed by atoms with Gasteiger partial charge in [-0.3, -0.25) is 18.9 Å². The van der Waals surface area contributed by atoms with Crippen LogP contribution in [0.5, 0.6) is 0 Å². The van der Waals surface area contributed by atoms with Crippen molar-refractivity contribution in [2.75, 3.05) is 38.1 Å². The van der Waals surface area contributed by atoms with E-state index in [-0.39, 0.29) is 11.5 Å². The Morgan fingerprint density at radius 3 is 2.52 bits per heavy atom. The predicted molar refractivity (Wildman–Crippen MR) is 136 cm³/mol. The number of aromatic nitrogens is 2. The second-order valence-electron chi connectivity index (χ2n) is 8.13. The third kappa shape index (κ3) is 4.31. The zero-order valence-corrected chi connectivity index (χ0v) is 19.8. The lowest BCUT2D eigenvalue weighted by molar-refractivity contribution is -0.122. The quantitative estimate of drug-likeness (QED) is 0.423. The summed E-state index contributed by atoms with van der Waals surface area (Å²) in [5.41, 5.74) is 1.82. The molecule has 1 amide bonds. The summed E-state index contributed by atoms with van der Waals surface area (Å²) in [5, 5.41) is 0. The molecule has 2 fully saturated rings. The van der Waals surface area contributed by atoms with Crippen molar-refractivity contribution in [2.45, 2.75) is 6.54 Å². The summed E-state index contributed by atoms with van der Waals surface area (Å²) in [6.45, 7) is 3.70. The van der Waals surface area contributed by atoms with Gasteiger partial charge in [0.15, 0.2) is 0 Å². The van der Waals surface area contributed by atoms with Gasteiger partial charge in [-0.25, -0.2) is 4.98 Å². The van der Waals surface area contributed by atoms with E-state index in [0.29, 0.717) is 32.8 Å². The van der Waals surface area contributed by atoms with E-state index in [1.165, 1.54) is 16.2 Å². The number of anilines is 1. The van der Waals surface area contributed by atoms with E-state index in [4.69, 9.17) is 17.2 Å². The molecular weight excluding hydrogens is 454 g/mol.